The van der Waals surface area contributed by atoms with Gasteiger partial charge in [0.05, 0.1) is 11.8 Å². The molecule has 0 saturated carbocycles. The minimum atomic E-state index is -0.0704. The van der Waals surface area contributed by atoms with E-state index in [1.54, 1.807) is 16.9 Å². The normalized spacial score (nSPS) is 10.8. The number of carbonyl (C=O) groups excluding carboxylic acids is 1. The quantitative estimate of drug-likeness (QED) is 0.570. The minimum absolute atomic E-state index is 0.0704. The molecule has 7 nitrogen and oxygen atoms in total. The number of nitrogens with zero attached hydrogens (tertiary/aromatic N) is 5. The molecule has 0 saturated heterocycles. The summed E-state index contributed by atoms with van der Waals surface area (Å²) in [5, 5.41) is 8.01. The molecule has 3 rings (SSSR count). The molecule has 3 aromatic rings. The van der Waals surface area contributed by atoms with Crippen molar-refractivity contribution >= 4 is 29.1 Å². The molecule has 3 heterocycles. The lowest BCUT2D eigenvalue weighted by Gasteiger charge is -2.08. The Balaban J connectivity index is 1.99. The first-order valence-electron chi connectivity index (χ1n) is 6.62. The number of fused-ring (bicyclic) bond motifs is 1. The Hall–Kier alpha value is -2.48. The number of anilines is 1. The lowest BCUT2D eigenvalue weighted by Crippen LogP contribution is -2.10. The molecule has 0 aliphatic rings. The molecule has 0 atom stereocenters. The van der Waals surface area contributed by atoms with Gasteiger partial charge >= 0.3 is 0 Å². The summed E-state index contributed by atoms with van der Waals surface area (Å²) in [7, 11) is 0. The third-order valence-corrected chi connectivity index (χ3v) is 3.63. The van der Waals surface area contributed by atoms with Crippen LogP contribution in [0.1, 0.15) is 22.8 Å². The number of Topliss-reactive ketones (excluding diaryl/α,β-unsaturated/α-hetero) is 1. The van der Waals surface area contributed by atoms with Crippen LogP contribution in [0.3, 0.4) is 0 Å². The van der Waals surface area contributed by atoms with Crippen LogP contribution in [-0.2, 0) is 6.54 Å². The van der Waals surface area contributed by atoms with Crippen molar-refractivity contribution in [3.8, 4) is 0 Å². The van der Waals surface area contributed by atoms with Gasteiger partial charge in [0, 0.05) is 18.9 Å². The van der Waals surface area contributed by atoms with Crippen molar-refractivity contribution in [3.63, 3.8) is 0 Å². The van der Waals surface area contributed by atoms with Crippen molar-refractivity contribution < 1.29 is 4.79 Å². The van der Waals surface area contributed by atoms with Crippen LogP contribution < -0.4 is 5.32 Å². The molecule has 0 unspecified atom stereocenters. The van der Waals surface area contributed by atoms with E-state index in [9.17, 15) is 4.79 Å². The Kier molecular flexibility index (Phi) is 4.01. The largest absolute Gasteiger partial charge is 0.350 e. The van der Waals surface area contributed by atoms with Gasteiger partial charge in [-0.3, -0.25) is 9.78 Å². The van der Waals surface area contributed by atoms with Crippen LogP contribution >= 0.6 is 11.8 Å². The first-order valence-corrected chi connectivity index (χ1v) is 7.85. The summed E-state index contributed by atoms with van der Waals surface area (Å²) in [6, 6.07) is 3.85. The van der Waals surface area contributed by atoms with Gasteiger partial charge in [0.2, 0.25) is 5.95 Å². The molecule has 0 aliphatic carbocycles. The van der Waals surface area contributed by atoms with E-state index in [4.69, 9.17) is 0 Å². The molecule has 0 spiro atoms. The highest BCUT2D eigenvalue weighted by molar-refractivity contribution is 7.98. The van der Waals surface area contributed by atoms with Gasteiger partial charge in [-0.2, -0.15) is 14.6 Å². The van der Waals surface area contributed by atoms with E-state index in [-0.39, 0.29) is 5.78 Å². The maximum Gasteiger partial charge on any atom is 0.228 e. The Morgan fingerprint density at radius 1 is 1.36 bits per heavy atom. The number of rotatable bonds is 5. The minimum Gasteiger partial charge on any atom is -0.350 e. The predicted octanol–water partition coefficient (Wildman–Crippen LogP) is 2.06. The fraction of sp³-hybridized carbons (Fsp3) is 0.214. The third-order valence-electron chi connectivity index (χ3n) is 3.08. The van der Waals surface area contributed by atoms with Crippen LogP contribution in [0.4, 0.5) is 5.95 Å². The van der Waals surface area contributed by atoms with E-state index < -0.39 is 0 Å². The lowest BCUT2D eigenvalue weighted by atomic mass is 10.2. The van der Waals surface area contributed by atoms with Crippen molar-refractivity contribution in [3.05, 3.63) is 41.9 Å². The summed E-state index contributed by atoms with van der Waals surface area (Å²) in [6.45, 7) is 2.06. The van der Waals surface area contributed by atoms with Gasteiger partial charge in [-0.1, -0.05) is 17.8 Å². The molecule has 8 heteroatoms. The number of hydrogen-bond donors (Lipinski definition) is 1. The predicted molar refractivity (Wildman–Crippen MR) is 84.1 cm³/mol. The highest BCUT2D eigenvalue weighted by atomic mass is 32.2. The highest BCUT2D eigenvalue weighted by Crippen LogP contribution is 2.18. The maximum absolute atomic E-state index is 11.7. The molecule has 0 fully saturated rings. The topological polar surface area (TPSA) is 85.1 Å². The molecule has 0 radical (unpaired) electrons. The second-order valence-corrected chi connectivity index (χ2v) is 5.37. The van der Waals surface area contributed by atoms with E-state index in [2.05, 4.69) is 25.4 Å². The lowest BCUT2D eigenvalue weighted by molar-refractivity contribution is 0.101. The third kappa shape index (κ3) is 2.77. The number of hydrogen-bond acceptors (Lipinski definition) is 7. The van der Waals surface area contributed by atoms with Crippen molar-refractivity contribution in [2.45, 2.75) is 18.6 Å². The molecule has 0 bridgehead atoms. The average Bonchev–Trinajstić information content (AvgIpc) is 2.97. The molecule has 1 N–H and O–H groups in total. The van der Waals surface area contributed by atoms with Gasteiger partial charge in [0.1, 0.15) is 0 Å². The van der Waals surface area contributed by atoms with Crippen molar-refractivity contribution in [2.75, 3.05) is 11.6 Å². The zero-order valence-corrected chi connectivity index (χ0v) is 13.0. The molecule has 112 valence electrons. The average molecular weight is 314 g/mol. The second kappa shape index (κ2) is 6.10. The first kappa shape index (κ1) is 14.5. The number of aromatic nitrogens is 5. The van der Waals surface area contributed by atoms with Crippen LogP contribution in [-0.4, -0.2) is 36.6 Å². The highest BCUT2D eigenvalue weighted by Gasteiger charge is 2.15. The summed E-state index contributed by atoms with van der Waals surface area (Å²) < 4.78 is 1.55. The summed E-state index contributed by atoms with van der Waals surface area (Å²) in [6.07, 6.45) is 6.92. The van der Waals surface area contributed by atoms with Crippen LogP contribution in [0.2, 0.25) is 0 Å². The monoisotopic (exact) mass is 314 g/mol. The molecule has 0 aliphatic heterocycles. The number of thioether (sulfide) groups is 1. The maximum atomic E-state index is 11.7. The summed E-state index contributed by atoms with van der Waals surface area (Å²) in [5.74, 6) is 0.477. The molecule has 3 aromatic heterocycles. The molecular weight excluding hydrogens is 300 g/mol. The van der Waals surface area contributed by atoms with Gasteiger partial charge in [-0.15, -0.1) is 0 Å². The van der Waals surface area contributed by atoms with Crippen molar-refractivity contribution in [2.24, 2.45) is 0 Å². The molecular formula is C14H14N6OS. The second-order valence-electron chi connectivity index (χ2n) is 4.60. The standard InChI is InChI=1S/C14H14N6OS/c1-9(21)11-8-17-20-12(11)18-14(22-2)19-13(20)16-7-10-4-3-5-15-6-10/h3-6,8H,7H2,1-2H3,(H,16,18,19). The number of nitrogens with one attached hydrogen (secondary N) is 1. The van der Waals surface area contributed by atoms with Gasteiger partial charge in [0.15, 0.2) is 16.6 Å². The summed E-state index contributed by atoms with van der Waals surface area (Å²) in [5.41, 5.74) is 2.03. The Morgan fingerprint density at radius 2 is 2.23 bits per heavy atom. The summed E-state index contributed by atoms with van der Waals surface area (Å²) >= 11 is 1.42. The first-order chi connectivity index (χ1) is 10.7. The van der Waals surface area contributed by atoms with Crippen molar-refractivity contribution in [1.29, 1.82) is 0 Å². The zero-order valence-electron chi connectivity index (χ0n) is 12.1. The van der Waals surface area contributed by atoms with E-state index in [1.807, 2.05) is 18.4 Å². The Morgan fingerprint density at radius 3 is 2.91 bits per heavy atom. The van der Waals surface area contributed by atoms with E-state index in [1.165, 1.54) is 24.9 Å². The van der Waals surface area contributed by atoms with Crippen LogP contribution in [0.15, 0.2) is 35.9 Å². The van der Waals surface area contributed by atoms with Gasteiger partial charge in [0.25, 0.3) is 0 Å². The van der Waals surface area contributed by atoms with E-state index >= 15 is 0 Å². The Labute approximate surface area is 131 Å². The zero-order chi connectivity index (χ0) is 15.5. The van der Waals surface area contributed by atoms with Gasteiger partial charge in [-0.25, -0.2) is 4.98 Å². The number of ketones is 1. The summed E-state index contributed by atoms with van der Waals surface area (Å²) in [4.78, 5) is 24.5. The molecule has 0 aromatic carbocycles. The SMILES string of the molecule is CSc1nc(NCc2cccnc2)n2ncc(C(C)=O)c2n1. The van der Waals surface area contributed by atoms with E-state index in [0.29, 0.717) is 28.9 Å². The van der Waals surface area contributed by atoms with Gasteiger partial charge in [-0.05, 0) is 24.8 Å². The van der Waals surface area contributed by atoms with Crippen LogP contribution in [0.5, 0.6) is 0 Å². The van der Waals surface area contributed by atoms with Crippen LogP contribution in [0.25, 0.3) is 5.65 Å². The van der Waals surface area contributed by atoms with Crippen molar-refractivity contribution in [1.82, 2.24) is 24.6 Å². The van der Waals surface area contributed by atoms with Crippen LogP contribution in [0, 0.1) is 0 Å². The molecule has 22 heavy (non-hydrogen) atoms. The number of pyridine rings is 1. The van der Waals surface area contributed by atoms with E-state index in [0.717, 1.165) is 5.56 Å². The fourth-order valence-electron chi connectivity index (χ4n) is 2.00. The number of carbonyl (C=O) groups is 1. The molecule has 0 amide bonds. The fourth-order valence-corrected chi connectivity index (χ4v) is 2.35. The van der Waals surface area contributed by atoms with Gasteiger partial charge < -0.3 is 5.32 Å². The smallest absolute Gasteiger partial charge is 0.228 e. The Bertz CT molecular complexity index is 817.